The van der Waals surface area contributed by atoms with Gasteiger partial charge in [0, 0.05) is 63.5 Å². The van der Waals surface area contributed by atoms with E-state index in [1.54, 1.807) is 6.33 Å². The molecule has 5 rings (SSSR count). The summed E-state index contributed by atoms with van der Waals surface area (Å²) in [4.78, 5) is 18.5. The van der Waals surface area contributed by atoms with Gasteiger partial charge in [0.1, 0.15) is 17.7 Å². The summed E-state index contributed by atoms with van der Waals surface area (Å²) < 4.78 is 0. The van der Waals surface area contributed by atoms with Crippen LogP contribution in [0.3, 0.4) is 0 Å². The van der Waals surface area contributed by atoms with Crippen LogP contribution in [0.5, 0.6) is 0 Å². The maximum Gasteiger partial charge on any atom is 0.156 e. The van der Waals surface area contributed by atoms with Gasteiger partial charge in [-0.2, -0.15) is 5.26 Å². The highest BCUT2D eigenvalue weighted by Gasteiger charge is 2.30. The average Bonchev–Trinajstić information content (AvgIpc) is 2.86. The van der Waals surface area contributed by atoms with Gasteiger partial charge in [-0.3, -0.25) is 0 Å². The lowest BCUT2D eigenvalue weighted by molar-refractivity contribution is 0.174. The van der Waals surface area contributed by atoms with Crippen LogP contribution in [0.1, 0.15) is 18.4 Å². The summed E-state index contributed by atoms with van der Waals surface area (Å²) in [6.07, 6.45) is 3.77. The third kappa shape index (κ3) is 5.03. The van der Waals surface area contributed by atoms with Gasteiger partial charge in [-0.1, -0.05) is 0 Å². The van der Waals surface area contributed by atoms with Crippen molar-refractivity contribution in [3.63, 3.8) is 0 Å². The minimum absolute atomic E-state index is 0.383. The van der Waals surface area contributed by atoms with E-state index in [-0.39, 0.29) is 0 Å². The Bertz CT molecular complexity index is 1140. The zero-order valence-corrected chi connectivity index (χ0v) is 19.3. The predicted molar refractivity (Wildman–Crippen MR) is 135 cm³/mol. The first-order valence-corrected chi connectivity index (χ1v) is 12.0. The second-order valence-corrected chi connectivity index (χ2v) is 9.15. The Labute approximate surface area is 200 Å². The van der Waals surface area contributed by atoms with Crippen molar-refractivity contribution in [1.82, 2.24) is 19.9 Å². The van der Waals surface area contributed by atoms with Crippen LogP contribution in [-0.2, 0) is 0 Å². The lowest BCUT2D eigenvalue weighted by Crippen LogP contribution is -2.53. The number of benzene rings is 1. The topological polar surface area (TPSA) is 119 Å². The first-order valence-electron chi connectivity index (χ1n) is 12.0. The maximum absolute atomic E-state index is 8.96. The first-order chi connectivity index (χ1) is 16.7. The fourth-order valence-corrected chi connectivity index (χ4v) is 4.81. The van der Waals surface area contributed by atoms with E-state index in [4.69, 9.17) is 16.0 Å². The highest BCUT2D eigenvalue weighted by molar-refractivity contribution is 5.86. The summed E-state index contributed by atoms with van der Waals surface area (Å²) in [5.41, 5.74) is 9.16. The first kappa shape index (κ1) is 22.3. The molecule has 176 valence electrons. The van der Waals surface area contributed by atoms with Crippen molar-refractivity contribution in [3.8, 4) is 6.07 Å². The van der Waals surface area contributed by atoms with Crippen molar-refractivity contribution in [3.05, 3.63) is 48.3 Å². The minimum Gasteiger partial charge on any atom is -0.371 e. The number of pyridine rings is 1. The molecule has 2 saturated heterocycles. The van der Waals surface area contributed by atoms with Gasteiger partial charge in [-0.05, 0) is 49.2 Å². The lowest BCUT2D eigenvalue weighted by Gasteiger charge is -2.44. The molecule has 1 aromatic carbocycles. The van der Waals surface area contributed by atoms with Gasteiger partial charge >= 0.3 is 0 Å². The molecular weight excluding hydrogens is 426 g/mol. The van der Waals surface area contributed by atoms with E-state index in [0.717, 1.165) is 68.2 Å². The quantitative estimate of drug-likeness (QED) is 0.468. The highest BCUT2D eigenvalue weighted by Crippen LogP contribution is 2.27. The van der Waals surface area contributed by atoms with Gasteiger partial charge in [0.05, 0.1) is 17.1 Å². The van der Waals surface area contributed by atoms with Gasteiger partial charge < -0.3 is 26.2 Å². The standard InChI is InChI=1S/C25H31N9/c26-9-10-28-23-6-5-22-24(32-23)25(30-17-29-22)31-20-7-11-33(12-8-20)14-19-15-34(16-19)21-3-1-18(13-27)2-4-21/h1-6,17,19-20H,7-12,14-16,26H2,(H,28,32)(H,29,30,31). The van der Waals surface area contributed by atoms with Crippen molar-refractivity contribution in [2.45, 2.75) is 18.9 Å². The third-order valence-electron chi connectivity index (χ3n) is 6.70. The Hall–Kier alpha value is -3.48. The van der Waals surface area contributed by atoms with E-state index in [9.17, 15) is 0 Å². The number of nitriles is 1. The zero-order chi connectivity index (χ0) is 23.3. The zero-order valence-electron chi connectivity index (χ0n) is 19.3. The summed E-state index contributed by atoms with van der Waals surface area (Å²) in [5.74, 6) is 2.30. The minimum atomic E-state index is 0.383. The molecule has 3 aromatic rings. The molecule has 2 aliphatic heterocycles. The second-order valence-electron chi connectivity index (χ2n) is 9.15. The fraction of sp³-hybridized carbons (Fsp3) is 0.440. The van der Waals surface area contributed by atoms with Crippen molar-refractivity contribution >= 4 is 28.4 Å². The van der Waals surface area contributed by atoms with Crippen molar-refractivity contribution in [1.29, 1.82) is 5.26 Å². The molecule has 0 saturated carbocycles. The van der Waals surface area contributed by atoms with E-state index >= 15 is 0 Å². The predicted octanol–water partition coefficient (Wildman–Crippen LogP) is 2.28. The van der Waals surface area contributed by atoms with Crippen LogP contribution in [-0.4, -0.2) is 71.7 Å². The number of anilines is 3. The number of nitrogens with zero attached hydrogens (tertiary/aromatic N) is 6. The molecule has 0 bridgehead atoms. The molecule has 9 heteroatoms. The summed E-state index contributed by atoms with van der Waals surface area (Å²) in [6.45, 7) is 6.73. The van der Waals surface area contributed by atoms with E-state index < -0.39 is 0 Å². The van der Waals surface area contributed by atoms with Gasteiger partial charge in [0.25, 0.3) is 0 Å². The van der Waals surface area contributed by atoms with Crippen LogP contribution < -0.4 is 21.3 Å². The Morgan fingerprint density at radius 3 is 2.59 bits per heavy atom. The lowest BCUT2D eigenvalue weighted by atomic mass is 9.96. The van der Waals surface area contributed by atoms with Crippen molar-refractivity contribution in [2.24, 2.45) is 11.7 Å². The highest BCUT2D eigenvalue weighted by atomic mass is 15.2. The van der Waals surface area contributed by atoms with Crippen LogP contribution in [0.4, 0.5) is 17.3 Å². The van der Waals surface area contributed by atoms with Crippen LogP contribution in [0.25, 0.3) is 11.0 Å². The van der Waals surface area contributed by atoms with Crippen LogP contribution in [0.15, 0.2) is 42.7 Å². The normalized spacial score (nSPS) is 17.4. The number of hydrogen-bond donors (Lipinski definition) is 3. The van der Waals surface area contributed by atoms with Crippen LogP contribution in [0.2, 0.25) is 0 Å². The monoisotopic (exact) mass is 457 g/mol. The summed E-state index contributed by atoms with van der Waals surface area (Å²) in [6, 6.07) is 14.4. The fourth-order valence-electron chi connectivity index (χ4n) is 4.81. The van der Waals surface area contributed by atoms with E-state index in [2.05, 4.69) is 48.6 Å². The number of hydrogen-bond acceptors (Lipinski definition) is 9. The Kier molecular flexibility index (Phi) is 6.70. The molecule has 9 nitrogen and oxygen atoms in total. The van der Waals surface area contributed by atoms with E-state index in [1.165, 1.54) is 5.69 Å². The molecule has 0 spiro atoms. The number of nitrogens with two attached hydrogens (primary N) is 1. The van der Waals surface area contributed by atoms with Gasteiger partial charge in [0.2, 0.25) is 0 Å². The Morgan fingerprint density at radius 1 is 1.06 bits per heavy atom. The maximum atomic E-state index is 8.96. The molecular formula is C25H31N9. The Balaban J connectivity index is 1.11. The summed E-state index contributed by atoms with van der Waals surface area (Å²) in [7, 11) is 0. The molecule has 0 amide bonds. The Morgan fingerprint density at radius 2 is 1.85 bits per heavy atom. The number of likely N-dealkylation sites (tertiary alicyclic amines) is 1. The molecule has 2 aromatic heterocycles. The molecule has 0 aliphatic carbocycles. The van der Waals surface area contributed by atoms with Gasteiger partial charge in [0.15, 0.2) is 5.82 Å². The van der Waals surface area contributed by atoms with Gasteiger partial charge in [-0.15, -0.1) is 0 Å². The SMILES string of the molecule is N#Cc1ccc(N2CC(CN3CCC(Nc4ncnc5ccc(NCCN)nc45)CC3)C2)cc1. The largest absolute Gasteiger partial charge is 0.371 e. The van der Waals surface area contributed by atoms with E-state index in [1.807, 2.05) is 24.3 Å². The smallest absolute Gasteiger partial charge is 0.156 e. The average molecular weight is 458 g/mol. The van der Waals surface area contributed by atoms with Crippen molar-refractivity contribution < 1.29 is 0 Å². The second kappa shape index (κ2) is 10.2. The van der Waals surface area contributed by atoms with Crippen LogP contribution >= 0.6 is 0 Å². The third-order valence-corrected chi connectivity index (χ3v) is 6.70. The molecule has 0 radical (unpaired) electrons. The molecule has 34 heavy (non-hydrogen) atoms. The number of rotatable bonds is 8. The molecule has 2 fully saturated rings. The van der Waals surface area contributed by atoms with Gasteiger partial charge in [-0.25, -0.2) is 15.0 Å². The summed E-state index contributed by atoms with van der Waals surface area (Å²) in [5, 5.41) is 15.8. The molecule has 2 aliphatic rings. The summed E-state index contributed by atoms with van der Waals surface area (Å²) >= 11 is 0. The number of fused-ring (bicyclic) bond motifs is 1. The molecule has 4 heterocycles. The number of piperidine rings is 1. The van der Waals surface area contributed by atoms with Crippen molar-refractivity contribution in [2.75, 3.05) is 61.3 Å². The van der Waals surface area contributed by atoms with Crippen LogP contribution in [0, 0.1) is 17.2 Å². The molecule has 0 unspecified atom stereocenters. The number of nitrogens with one attached hydrogen (secondary N) is 2. The molecule has 4 N–H and O–H groups in total. The van der Waals surface area contributed by atoms with E-state index in [0.29, 0.717) is 30.6 Å². The number of aromatic nitrogens is 3. The molecule has 0 atom stereocenters.